The molecule has 1 aromatic rings. The Bertz CT molecular complexity index is 617. The van der Waals surface area contributed by atoms with Crippen molar-refractivity contribution in [2.75, 3.05) is 26.7 Å². The lowest BCUT2D eigenvalue weighted by Crippen LogP contribution is -2.44. The monoisotopic (exact) mass is 372 g/mol. The first-order valence-electron chi connectivity index (χ1n) is 8.87. The molecular formula is C19H27F3N2O2. The lowest BCUT2D eigenvalue weighted by atomic mass is 10.0. The minimum Gasteiger partial charge on any atom is -0.484 e. The van der Waals surface area contributed by atoms with Crippen LogP contribution in [0.25, 0.3) is 0 Å². The van der Waals surface area contributed by atoms with Crippen molar-refractivity contribution in [1.82, 2.24) is 9.80 Å². The Labute approximate surface area is 152 Å². The Morgan fingerprint density at radius 1 is 1.23 bits per heavy atom. The Balaban J connectivity index is 2.03. The van der Waals surface area contributed by atoms with Gasteiger partial charge in [0.05, 0.1) is 6.04 Å². The number of aryl methyl sites for hydroxylation is 2. The SMILES string of the molecule is Cc1cc(CN(C)C(C)C(=O)N2CCCC2)cc(C)c1OCC(F)(F)F. The summed E-state index contributed by atoms with van der Waals surface area (Å²) in [6, 6.07) is 3.40. The van der Waals surface area contributed by atoms with Crippen molar-refractivity contribution < 1.29 is 22.7 Å². The van der Waals surface area contributed by atoms with Crippen LogP contribution in [0.5, 0.6) is 5.75 Å². The molecule has 1 aliphatic heterocycles. The van der Waals surface area contributed by atoms with E-state index in [4.69, 9.17) is 4.74 Å². The second-order valence-corrected chi connectivity index (χ2v) is 7.09. The predicted molar refractivity (Wildman–Crippen MR) is 94.2 cm³/mol. The normalized spacial score (nSPS) is 16.2. The van der Waals surface area contributed by atoms with Crippen molar-refractivity contribution in [3.8, 4) is 5.75 Å². The number of amides is 1. The molecule has 1 heterocycles. The van der Waals surface area contributed by atoms with E-state index in [9.17, 15) is 18.0 Å². The third kappa shape index (κ3) is 5.37. The van der Waals surface area contributed by atoms with E-state index >= 15 is 0 Å². The molecule has 0 aromatic heterocycles. The Hall–Kier alpha value is -1.76. The molecule has 0 saturated carbocycles. The topological polar surface area (TPSA) is 32.8 Å². The summed E-state index contributed by atoms with van der Waals surface area (Å²) in [5, 5.41) is 0. The molecule has 0 spiro atoms. The zero-order valence-electron chi connectivity index (χ0n) is 15.8. The van der Waals surface area contributed by atoms with E-state index in [1.54, 1.807) is 13.8 Å². The zero-order chi connectivity index (χ0) is 19.5. The Morgan fingerprint density at radius 3 is 2.27 bits per heavy atom. The molecule has 0 radical (unpaired) electrons. The van der Waals surface area contributed by atoms with Crippen molar-refractivity contribution >= 4 is 5.91 Å². The molecule has 4 nitrogen and oxygen atoms in total. The van der Waals surface area contributed by atoms with Crippen LogP contribution in [0.15, 0.2) is 12.1 Å². The number of likely N-dealkylation sites (N-methyl/N-ethyl adjacent to an activating group) is 1. The van der Waals surface area contributed by atoms with Crippen molar-refractivity contribution in [3.63, 3.8) is 0 Å². The van der Waals surface area contributed by atoms with Gasteiger partial charge < -0.3 is 9.64 Å². The number of nitrogens with zero attached hydrogens (tertiary/aromatic N) is 2. The number of benzene rings is 1. The van der Waals surface area contributed by atoms with Crippen LogP contribution in [0.2, 0.25) is 0 Å². The second kappa shape index (κ2) is 8.29. The van der Waals surface area contributed by atoms with Crippen molar-refractivity contribution in [3.05, 3.63) is 28.8 Å². The summed E-state index contributed by atoms with van der Waals surface area (Å²) in [7, 11) is 1.89. The van der Waals surface area contributed by atoms with E-state index in [1.807, 2.05) is 35.9 Å². The molecule has 0 bridgehead atoms. The molecule has 0 N–H and O–H groups in total. The van der Waals surface area contributed by atoms with Gasteiger partial charge in [-0.1, -0.05) is 12.1 Å². The molecule has 1 fully saturated rings. The molecule has 0 aliphatic carbocycles. The first-order chi connectivity index (χ1) is 12.1. The van der Waals surface area contributed by atoms with Crippen LogP contribution in [-0.2, 0) is 11.3 Å². The van der Waals surface area contributed by atoms with Gasteiger partial charge in [-0.25, -0.2) is 0 Å². The zero-order valence-corrected chi connectivity index (χ0v) is 15.8. The van der Waals surface area contributed by atoms with Gasteiger partial charge in [0.15, 0.2) is 6.61 Å². The fourth-order valence-electron chi connectivity index (χ4n) is 3.33. The predicted octanol–water partition coefficient (Wildman–Crippen LogP) is 3.69. The van der Waals surface area contributed by atoms with Gasteiger partial charge in [-0.2, -0.15) is 13.2 Å². The lowest BCUT2D eigenvalue weighted by Gasteiger charge is -2.28. The molecule has 1 aliphatic rings. The van der Waals surface area contributed by atoms with Crippen LogP contribution in [0.1, 0.15) is 36.5 Å². The number of hydrogen-bond donors (Lipinski definition) is 0. The Morgan fingerprint density at radius 2 is 1.77 bits per heavy atom. The standard InChI is InChI=1S/C19H27F3N2O2/c1-13-9-16(10-14(2)17(13)26-12-19(20,21)22)11-23(4)15(3)18(25)24-7-5-6-8-24/h9-10,15H,5-8,11-12H2,1-4H3. The molecule has 1 amide bonds. The van der Waals surface area contributed by atoms with Gasteiger partial charge in [-0.3, -0.25) is 9.69 Å². The highest BCUT2D eigenvalue weighted by Crippen LogP contribution is 2.28. The van der Waals surface area contributed by atoms with E-state index < -0.39 is 12.8 Å². The fourth-order valence-corrected chi connectivity index (χ4v) is 3.33. The number of alkyl halides is 3. The quantitative estimate of drug-likeness (QED) is 0.764. The number of likely N-dealkylation sites (tertiary alicyclic amines) is 1. The van der Waals surface area contributed by atoms with Crippen LogP contribution >= 0.6 is 0 Å². The Kier molecular flexibility index (Phi) is 6.55. The summed E-state index contributed by atoms with van der Waals surface area (Å²) in [6.07, 6.45) is -2.25. The number of halogens is 3. The van der Waals surface area contributed by atoms with Gasteiger partial charge in [0.1, 0.15) is 5.75 Å². The van der Waals surface area contributed by atoms with E-state index in [1.165, 1.54) is 0 Å². The maximum absolute atomic E-state index is 12.5. The van der Waals surface area contributed by atoms with Crippen LogP contribution < -0.4 is 4.74 Å². The summed E-state index contributed by atoms with van der Waals surface area (Å²) in [4.78, 5) is 16.4. The minimum atomic E-state index is -4.36. The highest BCUT2D eigenvalue weighted by Gasteiger charge is 2.29. The summed E-state index contributed by atoms with van der Waals surface area (Å²) >= 11 is 0. The van der Waals surface area contributed by atoms with Gasteiger partial charge in [0.2, 0.25) is 5.91 Å². The maximum atomic E-state index is 12.5. The van der Waals surface area contributed by atoms with Crippen molar-refractivity contribution in [2.24, 2.45) is 0 Å². The summed E-state index contributed by atoms with van der Waals surface area (Å²) in [6.45, 7) is 6.25. The number of carbonyl (C=O) groups is 1. The second-order valence-electron chi connectivity index (χ2n) is 7.09. The van der Waals surface area contributed by atoms with Gasteiger partial charge in [-0.05, 0) is 57.4 Å². The van der Waals surface area contributed by atoms with E-state index in [2.05, 4.69) is 0 Å². The van der Waals surface area contributed by atoms with Gasteiger partial charge in [0, 0.05) is 19.6 Å². The molecule has 1 unspecified atom stereocenters. The van der Waals surface area contributed by atoms with E-state index in [0.717, 1.165) is 31.5 Å². The van der Waals surface area contributed by atoms with Crippen LogP contribution in [0.4, 0.5) is 13.2 Å². The first kappa shape index (κ1) is 20.6. The first-order valence-corrected chi connectivity index (χ1v) is 8.87. The molecule has 7 heteroatoms. The van der Waals surface area contributed by atoms with Gasteiger partial charge in [-0.15, -0.1) is 0 Å². The molecule has 146 valence electrons. The minimum absolute atomic E-state index is 0.128. The van der Waals surface area contributed by atoms with Crippen LogP contribution in [-0.4, -0.2) is 54.7 Å². The van der Waals surface area contributed by atoms with E-state index in [0.29, 0.717) is 17.7 Å². The van der Waals surface area contributed by atoms with Gasteiger partial charge in [0.25, 0.3) is 0 Å². The molecule has 1 atom stereocenters. The average molecular weight is 372 g/mol. The molecule has 26 heavy (non-hydrogen) atoms. The van der Waals surface area contributed by atoms with Crippen LogP contribution in [0.3, 0.4) is 0 Å². The number of ether oxygens (including phenoxy) is 1. The van der Waals surface area contributed by atoms with Gasteiger partial charge >= 0.3 is 6.18 Å². The maximum Gasteiger partial charge on any atom is 0.422 e. The van der Waals surface area contributed by atoms with Crippen molar-refractivity contribution in [1.29, 1.82) is 0 Å². The van der Waals surface area contributed by atoms with Crippen LogP contribution in [0, 0.1) is 13.8 Å². The average Bonchev–Trinajstić information content (AvgIpc) is 3.05. The summed E-state index contributed by atoms with van der Waals surface area (Å²) < 4.78 is 42.1. The largest absolute Gasteiger partial charge is 0.484 e. The number of rotatable bonds is 6. The fraction of sp³-hybridized carbons (Fsp3) is 0.632. The summed E-state index contributed by atoms with van der Waals surface area (Å²) in [5.74, 6) is 0.401. The number of hydrogen-bond acceptors (Lipinski definition) is 3. The molecular weight excluding hydrogens is 345 g/mol. The highest BCUT2D eigenvalue weighted by atomic mass is 19.4. The lowest BCUT2D eigenvalue weighted by molar-refractivity contribution is -0.153. The molecule has 1 aromatic carbocycles. The number of carbonyl (C=O) groups excluding carboxylic acids is 1. The highest BCUT2D eigenvalue weighted by molar-refractivity contribution is 5.81. The van der Waals surface area contributed by atoms with E-state index in [-0.39, 0.29) is 17.7 Å². The molecule has 1 saturated heterocycles. The third-order valence-corrected chi connectivity index (χ3v) is 4.77. The van der Waals surface area contributed by atoms with Crippen molar-refractivity contribution in [2.45, 2.75) is 52.4 Å². The summed E-state index contributed by atoms with van der Waals surface area (Å²) in [5.41, 5.74) is 2.27. The third-order valence-electron chi connectivity index (χ3n) is 4.77. The smallest absolute Gasteiger partial charge is 0.422 e. The molecule has 2 rings (SSSR count).